The summed E-state index contributed by atoms with van der Waals surface area (Å²) >= 11 is 3.68. The molecule has 0 atom stereocenters. The Morgan fingerprint density at radius 2 is 0.640 bits per heavy atom. The highest BCUT2D eigenvalue weighted by atomic mass is 32.1. The van der Waals surface area contributed by atoms with Gasteiger partial charge in [0.1, 0.15) is 0 Å². The molecule has 0 aliphatic carbocycles. The normalized spacial score (nSPS) is 11.6. The van der Waals surface area contributed by atoms with Crippen LogP contribution in [0.4, 0.5) is 0 Å². The molecule has 0 amide bonds. The van der Waals surface area contributed by atoms with E-state index in [0.29, 0.717) is 17.5 Å². The van der Waals surface area contributed by atoms with Crippen LogP contribution in [0.25, 0.3) is 96.8 Å². The van der Waals surface area contributed by atoms with Crippen LogP contribution in [0.5, 0.6) is 0 Å². The molecule has 10 rings (SSSR count). The maximum absolute atomic E-state index is 5.12. The molecule has 0 bridgehead atoms. The van der Waals surface area contributed by atoms with Gasteiger partial charge in [-0.25, -0.2) is 15.0 Å². The van der Waals surface area contributed by atoms with Gasteiger partial charge in [-0.05, 0) is 76.9 Å². The van der Waals surface area contributed by atoms with E-state index in [1.54, 1.807) is 0 Å². The Morgan fingerprint density at radius 1 is 0.260 bits per heavy atom. The molecule has 0 N–H and O–H groups in total. The predicted molar refractivity (Wildman–Crippen MR) is 213 cm³/mol. The largest absolute Gasteiger partial charge is 0.208 e. The van der Waals surface area contributed by atoms with Crippen LogP contribution in [0.15, 0.2) is 164 Å². The quantitative estimate of drug-likeness (QED) is 0.182. The summed E-state index contributed by atoms with van der Waals surface area (Å²) in [6.45, 7) is 0. The zero-order valence-electron chi connectivity index (χ0n) is 26.7. The van der Waals surface area contributed by atoms with E-state index >= 15 is 0 Å². The summed E-state index contributed by atoms with van der Waals surface area (Å²) in [6, 6.07) is 58.1. The first-order valence-corrected chi connectivity index (χ1v) is 18.2. The number of benzene rings is 7. The molecule has 3 nitrogen and oxygen atoms in total. The van der Waals surface area contributed by atoms with Gasteiger partial charge in [-0.3, -0.25) is 0 Å². The van der Waals surface area contributed by atoms with E-state index in [0.717, 1.165) is 38.9 Å². The second-order valence-corrected chi connectivity index (χ2v) is 14.6. The van der Waals surface area contributed by atoms with Gasteiger partial charge in [0.25, 0.3) is 0 Å². The van der Waals surface area contributed by atoms with Crippen LogP contribution in [0.1, 0.15) is 0 Å². The van der Waals surface area contributed by atoms with E-state index in [-0.39, 0.29) is 0 Å². The number of fused-ring (bicyclic) bond motifs is 6. The lowest BCUT2D eigenvalue weighted by Gasteiger charge is -2.13. The maximum atomic E-state index is 5.12. The van der Waals surface area contributed by atoms with Gasteiger partial charge >= 0.3 is 0 Å². The molecule has 234 valence electrons. The highest BCUT2D eigenvalue weighted by Crippen LogP contribution is 2.40. The fourth-order valence-electron chi connectivity index (χ4n) is 6.84. The summed E-state index contributed by atoms with van der Waals surface area (Å²) in [5, 5.41) is 5.13. The molecular formula is C45H27N3S2. The van der Waals surface area contributed by atoms with Crippen LogP contribution in [-0.4, -0.2) is 15.0 Å². The molecule has 3 aromatic heterocycles. The Labute approximate surface area is 296 Å². The van der Waals surface area contributed by atoms with Gasteiger partial charge < -0.3 is 0 Å². The van der Waals surface area contributed by atoms with Crippen molar-refractivity contribution in [1.29, 1.82) is 0 Å². The third kappa shape index (κ3) is 5.07. The van der Waals surface area contributed by atoms with Crippen molar-refractivity contribution in [3.63, 3.8) is 0 Å². The molecular weight excluding hydrogens is 647 g/mol. The molecule has 0 unspecified atom stereocenters. The Balaban J connectivity index is 1.21. The molecule has 0 fully saturated rings. The minimum Gasteiger partial charge on any atom is -0.208 e. The van der Waals surface area contributed by atoms with Crippen molar-refractivity contribution in [3.05, 3.63) is 164 Å². The monoisotopic (exact) mass is 673 g/mol. The Hall–Kier alpha value is -6.01. The van der Waals surface area contributed by atoms with Crippen LogP contribution in [-0.2, 0) is 0 Å². The van der Waals surface area contributed by atoms with E-state index in [1.807, 2.05) is 59.1 Å². The Kier molecular flexibility index (Phi) is 6.86. The highest BCUT2D eigenvalue weighted by Gasteiger charge is 2.16. The summed E-state index contributed by atoms with van der Waals surface area (Å²) in [7, 11) is 0. The molecule has 0 spiro atoms. The fraction of sp³-hybridized carbons (Fsp3) is 0. The Morgan fingerprint density at radius 3 is 1.12 bits per heavy atom. The third-order valence-electron chi connectivity index (χ3n) is 9.31. The summed E-state index contributed by atoms with van der Waals surface area (Å²) in [4.78, 5) is 15.2. The van der Waals surface area contributed by atoms with Crippen molar-refractivity contribution in [2.45, 2.75) is 0 Å². The number of nitrogens with zero attached hydrogens (tertiary/aromatic N) is 3. The first-order chi connectivity index (χ1) is 24.7. The maximum Gasteiger partial charge on any atom is 0.164 e. The molecule has 0 saturated heterocycles. The van der Waals surface area contributed by atoms with Crippen molar-refractivity contribution in [2.24, 2.45) is 0 Å². The molecule has 0 aliphatic rings. The lowest BCUT2D eigenvalue weighted by atomic mass is 9.94. The van der Waals surface area contributed by atoms with Crippen LogP contribution in [0.2, 0.25) is 0 Å². The lowest BCUT2D eigenvalue weighted by Crippen LogP contribution is -2.00. The number of thiophene rings is 2. The average molecular weight is 674 g/mol. The van der Waals surface area contributed by atoms with E-state index < -0.39 is 0 Å². The van der Waals surface area contributed by atoms with Crippen LogP contribution in [0, 0.1) is 0 Å². The first kappa shape index (κ1) is 29.0. The van der Waals surface area contributed by atoms with Crippen molar-refractivity contribution in [2.75, 3.05) is 0 Å². The second kappa shape index (κ2) is 11.8. The third-order valence-corrected chi connectivity index (χ3v) is 11.6. The van der Waals surface area contributed by atoms with Gasteiger partial charge in [-0.2, -0.15) is 0 Å². The topological polar surface area (TPSA) is 38.7 Å². The van der Waals surface area contributed by atoms with Crippen molar-refractivity contribution in [1.82, 2.24) is 15.0 Å². The first-order valence-electron chi connectivity index (χ1n) is 16.6. The molecule has 3 heterocycles. The molecule has 0 radical (unpaired) electrons. The summed E-state index contributed by atoms with van der Waals surface area (Å²) in [5.74, 6) is 1.95. The van der Waals surface area contributed by atoms with Crippen molar-refractivity contribution >= 4 is 63.0 Å². The molecule has 7 aromatic carbocycles. The van der Waals surface area contributed by atoms with Crippen LogP contribution in [0.3, 0.4) is 0 Å². The van der Waals surface area contributed by atoms with Gasteiger partial charge in [0, 0.05) is 57.0 Å². The molecule has 0 aliphatic heterocycles. The standard InChI is InChI=1S/C45H27N3S2/c1-3-11-28(12-4-1)43-46-44(29-13-5-2-6-14-29)48-45(47-43)34-24-32(30-19-21-41-37(26-30)35-15-7-9-17-39(35)49-41)23-33(25-34)31-20-22-42-38(27-31)36-16-8-10-18-40(36)50-42/h1-27H. The fourth-order valence-corrected chi connectivity index (χ4v) is 9.01. The summed E-state index contributed by atoms with van der Waals surface area (Å²) < 4.78 is 5.19. The average Bonchev–Trinajstić information content (AvgIpc) is 3.76. The number of rotatable bonds is 5. The van der Waals surface area contributed by atoms with Gasteiger partial charge in [-0.15, -0.1) is 22.7 Å². The highest BCUT2D eigenvalue weighted by molar-refractivity contribution is 7.26. The minimum atomic E-state index is 0.643. The van der Waals surface area contributed by atoms with Gasteiger partial charge in [0.2, 0.25) is 0 Å². The van der Waals surface area contributed by atoms with E-state index in [4.69, 9.17) is 15.0 Å². The van der Waals surface area contributed by atoms with Crippen LogP contribution < -0.4 is 0 Å². The van der Waals surface area contributed by atoms with E-state index in [1.165, 1.54) is 40.3 Å². The van der Waals surface area contributed by atoms with E-state index in [2.05, 4.69) is 127 Å². The second-order valence-electron chi connectivity index (χ2n) is 12.5. The van der Waals surface area contributed by atoms with Gasteiger partial charge in [-0.1, -0.05) is 109 Å². The van der Waals surface area contributed by atoms with Gasteiger partial charge in [0.15, 0.2) is 17.5 Å². The molecule has 0 saturated carbocycles. The van der Waals surface area contributed by atoms with E-state index in [9.17, 15) is 0 Å². The molecule has 50 heavy (non-hydrogen) atoms. The SMILES string of the molecule is c1ccc(-c2nc(-c3ccccc3)nc(-c3cc(-c4ccc5sc6ccccc6c5c4)cc(-c4ccc5sc6ccccc6c5c4)c3)n2)cc1. The lowest BCUT2D eigenvalue weighted by molar-refractivity contribution is 1.07. The van der Waals surface area contributed by atoms with Crippen LogP contribution >= 0.6 is 22.7 Å². The number of aromatic nitrogens is 3. The van der Waals surface area contributed by atoms with Crippen molar-refractivity contribution in [3.8, 4) is 56.4 Å². The Bertz CT molecular complexity index is 2680. The number of hydrogen-bond acceptors (Lipinski definition) is 5. The summed E-state index contributed by atoms with van der Waals surface area (Å²) in [6.07, 6.45) is 0. The van der Waals surface area contributed by atoms with Crippen molar-refractivity contribution < 1.29 is 0 Å². The zero-order valence-corrected chi connectivity index (χ0v) is 28.4. The zero-order chi connectivity index (χ0) is 33.0. The minimum absolute atomic E-state index is 0.643. The van der Waals surface area contributed by atoms with Gasteiger partial charge in [0.05, 0.1) is 0 Å². The molecule has 10 aromatic rings. The predicted octanol–water partition coefficient (Wildman–Crippen LogP) is 12.9. The smallest absolute Gasteiger partial charge is 0.164 e. The number of hydrogen-bond donors (Lipinski definition) is 0. The molecule has 5 heteroatoms. The summed E-state index contributed by atoms with van der Waals surface area (Å²) in [5.41, 5.74) is 7.41.